The summed E-state index contributed by atoms with van der Waals surface area (Å²) in [5.41, 5.74) is 6.95. The van der Waals surface area contributed by atoms with Gasteiger partial charge in [0.1, 0.15) is 17.6 Å². The Balaban J connectivity index is 1.30. The number of unbranched alkanes of at least 4 members (excludes halogenated alkanes) is 1. The summed E-state index contributed by atoms with van der Waals surface area (Å²) >= 11 is 0. The van der Waals surface area contributed by atoms with Crippen molar-refractivity contribution in [1.82, 2.24) is 25.1 Å². The molecule has 1 saturated carbocycles. The average molecular weight is 594 g/mol. The molecule has 3 aliphatic rings. The van der Waals surface area contributed by atoms with E-state index in [1.54, 1.807) is 15.9 Å². The number of aliphatic carboxylic acids is 1. The number of carboxylic acid groups (broad SMARTS) is 1. The highest BCUT2D eigenvalue weighted by Gasteiger charge is 2.54. The first-order valence-electron chi connectivity index (χ1n) is 14.9. The van der Waals surface area contributed by atoms with Gasteiger partial charge in [-0.15, -0.1) is 0 Å². The molecule has 13 nitrogen and oxygen atoms in total. The summed E-state index contributed by atoms with van der Waals surface area (Å²) in [5, 5.41) is 12.1. The number of rotatable bonds is 11. The molecule has 230 valence electrons. The van der Waals surface area contributed by atoms with Crippen LogP contribution in [0.15, 0.2) is 36.4 Å². The molecule has 0 radical (unpaired) electrons. The summed E-state index contributed by atoms with van der Waals surface area (Å²) in [6.45, 7) is 4.91. The van der Waals surface area contributed by atoms with Crippen LogP contribution < -0.4 is 16.0 Å². The van der Waals surface area contributed by atoms with Crippen molar-refractivity contribution in [3.05, 3.63) is 42.1 Å². The van der Waals surface area contributed by atoms with Crippen LogP contribution in [0.5, 0.6) is 0 Å². The van der Waals surface area contributed by atoms with Crippen molar-refractivity contribution < 1.29 is 29.0 Å². The predicted octanol–water partition coefficient (Wildman–Crippen LogP) is 1.58. The molecule has 3 fully saturated rings. The minimum absolute atomic E-state index is 0.0847. The molecular weight excluding hydrogens is 554 g/mol. The number of hydrogen-bond donors (Lipinski definition) is 3. The van der Waals surface area contributed by atoms with Crippen molar-refractivity contribution in [2.45, 2.75) is 44.7 Å². The van der Waals surface area contributed by atoms with Gasteiger partial charge in [0.2, 0.25) is 5.91 Å². The Morgan fingerprint density at radius 1 is 1.05 bits per heavy atom. The van der Waals surface area contributed by atoms with E-state index in [4.69, 9.17) is 15.5 Å². The standard InChI is InChI=1S/C30H39N7O6/c1-2-3-15-43-30(42)36-13-11-35(12-14-36)29(41)22(9-10-25(38)39)33-28(40)23-16-24(37-17-20-21(18-37)26(20)31)34-27(32-23)19-7-5-4-6-8-19/h4-8,16,20-22,26H,2-3,9-15,17-18,31H2,1H3,(H,33,40)(H,38,39)/t20?,21?,22-,26?/m0/s1. The number of fused-ring (bicyclic) bond motifs is 1. The van der Waals surface area contributed by atoms with Gasteiger partial charge in [-0.25, -0.2) is 14.8 Å². The van der Waals surface area contributed by atoms with Gasteiger partial charge < -0.3 is 35.6 Å². The average Bonchev–Trinajstić information content (AvgIpc) is 3.39. The van der Waals surface area contributed by atoms with E-state index in [9.17, 15) is 24.3 Å². The second-order valence-corrected chi connectivity index (χ2v) is 11.3. The Bertz CT molecular complexity index is 1320. The van der Waals surface area contributed by atoms with Gasteiger partial charge in [0.15, 0.2) is 5.82 Å². The SMILES string of the molecule is CCCCOC(=O)N1CCN(C(=O)[C@H](CCC(=O)O)NC(=O)c2cc(N3CC4C(N)C4C3)nc(-c3ccccc3)n2)CC1. The number of nitrogens with two attached hydrogens (primary N) is 1. The number of amides is 3. The zero-order valence-electron chi connectivity index (χ0n) is 24.4. The van der Waals surface area contributed by atoms with Crippen LogP contribution in [0.3, 0.4) is 0 Å². The Kier molecular flexibility index (Phi) is 9.39. The molecule has 2 aromatic rings. The number of nitrogens with one attached hydrogen (secondary N) is 1. The van der Waals surface area contributed by atoms with Crippen molar-refractivity contribution in [2.24, 2.45) is 17.6 Å². The molecule has 3 amide bonds. The van der Waals surface area contributed by atoms with Crippen molar-refractivity contribution in [1.29, 1.82) is 0 Å². The normalized spacial score (nSPS) is 21.6. The first kappa shape index (κ1) is 30.2. The summed E-state index contributed by atoms with van der Waals surface area (Å²) in [5.74, 6) is -0.276. The maximum atomic E-state index is 13.6. The minimum Gasteiger partial charge on any atom is -0.481 e. The van der Waals surface area contributed by atoms with Gasteiger partial charge >= 0.3 is 12.1 Å². The number of nitrogens with zero attached hydrogens (tertiary/aromatic N) is 5. The lowest BCUT2D eigenvalue weighted by Gasteiger charge is -2.36. The Morgan fingerprint density at radius 2 is 1.72 bits per heavy atom. The van der Waals surface area contributed by atoms with Gasteiger partial charge in [-0.05, 0) is 24.7 Å². The Hall–Kier alpha value is -4.26. The molecule has 3 atom stereocenters. The van der Waals surface area contributed by atoms with E-state index in [0.717, 1.165) is 31.5 Å². The van der Waals surface area contributed by atoms with Crippen molar-refractivity contribution >= 4 is 29.7 Å². The molecule has 1 aliphatic carbocycles. The molecule has 4 N–H and O–H groups in total. The number of anilines is 1. The van der Waals surface area contributed by atoms with E-state index in [1.807, 2.05) is 37.3 Å². The second-order valence-electron chi connectivity index (χ2n) is 11.3. The highest BCUT2D eigenvalue weighted by atomic mass is 16.6. The van der Waals surface area contributed by atoms with E-state index < -0.39 is 29.9 Å². The maximum Gasteiger partial charge on any atom is 0.409 e. The third-order valence-electron chi connectivity index (χ3n) is 8.38. The van der Waals surface area contributed by atoms with Crippen LogP contribution in [0.2, 0.25) is 0 Å². The van der Waals surface area contributed by atoms with Gasteiger partial charge in [0, 0.05) is 63.4 Å². The molecule has 2 saturated heterocycles. The molecule has 3 heterocycles. The van der Waals surface area contributed by atoms with E-state index in [2.05, 4.69) is 15.2 Å². The zero-order chi connectivity index (χ0) is 30.5. The number of ether oxygens (including phenoxy) is 1. The lowest BCUT2D eigenvalue weighted by Crippen LogP contribution is -2.56. The molecule has 1 aromatic heterocycles. The van der Waals surface area contributed by atoms with Gasteiger partial charge in [-0.2, -0.15) is 0 Å². The van der Waals surface area contributed by atoms with Crippen molar-refractivity contribution in [3.63, 3.8) is 0 Å². The molecule has 5 rings (SSSR count). The number of benzene rings is 1. The number of piperidine rings is 1. The fraction of sp³-hybridized carbons (Fsp3) is 0.533. The van der Waals surface area contributed by atoms with Crippen molar-refractivity contribution in [3.8, 4) is 11.4 Å². The first-order valence-corrected chi connectivity index (χ1v) is 14.9. The van der Waals surface area contributed by atoms with Crippen LogP contribution in [0.1, 0.15) is 43.1 Å². The molecule has 43 heavy (non-hydrogen) atoms. The number of carbonyl (C=O) groups excluding carboxylic acids is 3. The highest BCUT2D eigenvalue weighted by molar-refractivity contribution is 5.97. The number of piperazine rings is 1. The second kappa shape index (κ2) is 13.4. The molecule has 1 aromatic carbocycles. The van der Waals surface area contributed by atoms with Crippen molar-refractivity contribution in [2.75, 3.05) is 50.8 Å². The number of hydrogen-bond acceptors (Lipinski definition) is 9. The highest BCUT2D eigenvalue weighted by Crippen LogP contribution is 2.45. The molecule has 2 aliphatic heterocycles. The molecular formula is C30H39N7O6. The minimum atomic E-state index is -1.08. The summed E-state index contributed by atoms with van der Waals surface area (Å²) in [6.07, 6.45) is 0.888. The van der Waals surface area contributed by atoms with Crippen LogP contribution in [-0.2, 0) is 14.3 Å². The molecule has 2 unspecified atom stereocenters. The topological polar surface area (TPSA) is 171 Å². The van der Waals surface area contributed by atoms with E-state index in [1.165, 1.54) is 0 Å². The van der Waals surface area contributed by atoms with Crippen LogP contribution in [0, 0.1) is 11.8 Å². The summed E-state index contributed by atoms with van der Waals surface area (Å²) < 4.78 is 5.27. The van der Waals surface area contributed by atoms with Crippen LogP contribution >= 0.6 is 0 Å². The smallest absolute Gasteiger partial charge is 0.409 e. The van der Waals surface area contributed by atoms with Crippen LogP contribution in [-0.4, -0.2) is 107 Å². The number of carboxylic acids is 1. The fourth-order valence-corrected chi connectivity index (χ4v) is 5.67. The van der Waals surface area contributed by atoms with Gasteiger partial charge in [-0.1, -0.05) is 43.7 Å². The molecule has 13 heteroatoms. The molecule has 0 spiro atoms. The van der Waals surface area contributed by atoms with E-state index >= 15 is 0 Å². The number of carbonyl (C=O) groups is 4. The summed E-state index contributed by atoms with van der Waals surface area (Å²) in [4.78, 5) is 65.3. The molecule has 0 bridgehead atoms. The maximum absolute atomic E-state index is 13.6. The largest absolute Gasteiger partial charge is 0.481 e. The lowest BCUT2D eigenvalue weighted by molar-refractivity contribution is -0.138. The number of aromatic nitrogens is 2. The first-order chi connectivity index (χ1) is 20.7. The predicted molar refractivity (Wildman–Crippen MR) is 157 cm³/mol. The van der Waals surface area contributed by atoms with Gasteiger partial charge in [0.05, 0.1) is 6.61 Å². The van der Waals surface area contributed by atoms with Gasteiger partial charge in [-0.3, -0.25) is 14.4 Å². The Morgan fingerprint density at radius 3 is 2.37 bits per heavy atom. The summed E-state index contributed by atoms with van der Waals surface area (Å²) in [7, 11) is 0. The van der Waals surface area contributed by atoms with Crippen LogP contribution in [0.4, 0.5) is 10.6 Å². The summed E-state index contributed by atoms with van der Waals surface area (Å²) in [6, 6.07) is 10.0. The third kappa shape index (κ3) is 7.22. The monoisotopic (exact) mass is 593 g/mol. The van der Waals surface area contributed by atoms with Crippen LogP contribution in [0.25, 0.3) is 11.4 Å². The fourth-order valence-electron chi connectivity index (χ4n) is 5.67. The Labute approximate surface area is 250 Å². The quantitative estimate of drug-likeness (QED) is 0.325. The van der Waals surface area contributed by atoms with E-state index in [-0.39, 0.29) is 50.8 Å². The van der Waals surface area contributed by atoms with Gasteiger partial charge in [0.25, 0.3) is 5.91 Å². The zero-order valence-corrected chi connectivity index (χ0v) is 24.4. The third-order valence-corrected chi connectivity index (χ3v) is 8.38. The lowest BCUT2D eigenvalue weighted by atomic mass is 10.1. The van der Waals surface area contributed by atoms with E-state index in [0.29, 0.717) is 30.1 Å².